The van der Waals surface area contributed by atoms with Gasteiger partial charge in [0.25, 0.3) is 0 Å². The first-order valence-electron chi connectivity index (χ1n) is 9.96. The third kappa shape index (κ3) is 6.17. The van der Waals surface area contributed by atoms with Gasteiger partial charge in [-0.3, -0.25) is 4.79 Å². The van der Waals surface area contributed by atoms with Gasteiger partial charge in [0.05, 0.1) is 0 Å². The second kappa shape index (κ2) is 9.72. The van der Waals surface area contributed by atoms with Gasteiger partial charge in [0, 0.05) is 32.4 Å². The number of nitrogens with zero attached hydrogens (tertiary/aromatic N) is 1. The van der Waals surface area contributed by atoms with Crippen LogP contribution >= 0.6 is 0 Å². The maximum Gasteiger partial charge on any atom is 0.387 e. The lowest BCUT2D eigenvalue weighted by Crippen LogP contribution is -2.41. The number of ether oxygens (including phenoxy) is 2. The molecule has 0 aromatic heterocycles. The maximum atomic E-state index is 12.5. The smallest absolute Gasteiger partial charge is 0.387 e. The molecule has 6 heteroatoms. The first-order valence-corrected chi connectivity index (χ1v) is 9.96. The van der Waals surface area contributed by atoms with Crippen LogP contribution in [0.2, 0.25) is 0 Å². The molecule has 4 nitrogen and oxygen atoms in total. The van der Waals surface area contributed by atoms with E-state index in [0.29, 0.717) is 25.9 Å². The molecule has 1 heterocycles. The molecule has 0 aliphatic carbocycles. The Morgan fingerprint density at radius 3 is 2.31 bits per heavy atom. The van der Waals surface area contributed by atoms with Gasteiger partial charge >= 0.3 is 6.61 Å². The first-order chi connectivity index (χ1) is 13.9. The fourth-order valence-corrected chi connectivity index (χ4v) is 3.45. The summed E-state index contributed by atoms with van der Waals surface area (Å²) in [6, 6.07) is 12.6. The molecule has 0 radical (unpaired) electrons. The van der Waals surface area contributed by atoms with Crippen molar-refractivity contribution in [2.75, 3.05) is 13.1 Å². The number of aryl methyl sites for hydroxylation is 3. The summed E-state index contributed by atoms with van der Waals surface area (Å²) in [5.41, 5.74) is 3.38. The minimum atomic E-state index is -2.83. The number of halogens is 2. The molecule has 1 aliphatic rings. The van der Waals surface area contributed by atoms with Crippen LogP contribution < -0.4 is 9.47 Å². The molecular weight excluding hydrogens is 376 g/mol. The van der Waals surface area contributed by atoms with Crippen molar-refractivity contribution in [3.8, 4) is 11.5 Å². The minimum absolute atomic E-state index is 0.113. The summed E-state index contributed by atoms with van der Waals surface area (Å²) in [6.45, 7) is 2.70. The number of carbonyl (C=O) groups is 1. The number of amides is 1. The number of piperidine rings is 1. The predicted molar refractivity (Wildman–Crippen MR) is 108 cm³/mol. The van der Waals surface area contributed by atoms with Gasteiger partial charge in [-0.15, -0.1) is 0 Å². The van der Waals surface area contributed by atoms with Crippen molar-refractivity contribution < 1.29 is 23.0 Å². The number of alkyl halides is 2. The highest BCUT2D eigenvalue weighted by Crippen LogP contribution is 2.22. The second-order valence-corrected chi connectivity index (χ2v) is 7.47. The fraction of sp³-hybridized carbons (Fsp3) is 0.435. The average Bonchev–Trinajstić information content (AvgIpc) is 2.70. The largest absolute Gasteiger partial charge is 0.490 e. The Morgan fingerprint density at radius 1 is 1.03 bits per heavy atom. The molecule has 0 spiro atoms. The standard InChI is InChI=1S/C23H27F2NO3/c1-16-3-7-21(15-17(16)2)28-20-11-13-26(14-12-20)22(27)10-6-18-4-8-19(9-5-18)29-23(24)25/h3-5,7-9,15,20,23H,6,10-14H2,1-2H3. The van der Waals surface area contributed by atoms with Crippen molar-refractivity contribution >= 4 is 5.91 Å². The Balaban J connectivity index is 1.42. The van der Waals surface area contributed by atoms with E-state index in [9.17, 15) is 13.6 Å². The number of benzene rings is 2. The number of likely N-dealkylation sites (tertiary alicyclic amines) is 1. The molecular formula is C23H27F2NO3. The highest BCUT2D eigenvalue weighted by Gasteiger charge is 2.23. The lowest BCUT2D eigenvalue weighted by atomic mass is 10.1. The van der Waals surface area contributed by atoms with E-state index in [0.717, 1.165) is 24.2 Å². The molecule has 1 amide bonds. The van der Waals surface area contributed by atoms with Crippen molar-refractivity contribution in [3.05, 3.63) is 59.2 Å². The summed E-state index contributed by atoms with van der Waals surface area (Å²) in [4.78, 5) is 14.4. The monoisotopic (exact) mass is 403 g/mol. The van der Waals surface area contributed by atoms with Crippen LogP contribution in [0.25, 0.3) is 0 Å². The molecule has 0 saturated carbocycles. The van der Waals surface area contributed by atoms with E-state index in [1.54, 1.807) is 12.1 Å². The summed E-state index contributed by atoms with van der Waals surface area (Å²) in [6.07, 6.45) is 2.74. The van der Waals surface area contributed by atoms with Crippen molar-refractivity contribution in [1.82, 2.24) is 4.90 Å². The van der Waals surface area contributed by atoms with Crippen LogP contribution in [0.4, 0.5) is 8.78 Å². The third-order valence-electron chi connectivity index (χ3n) is 5.35. The number of hydrogen-bond donors (Lipinski definition) is 0. The van der Waals surface area contributed by atoms with E-state index in [2.05, 4.69) is 30.7 Å². The molecule has 2 aromatic carbocycles. The molecule has 1 fully saturated rings. The zero-order valence-electron chi connectivity index (χ0n) is 16.9. The SMILES string of the molecule is Cc1ccc(OC2CCN(C(=O)CCc3ccc(OC(F)F)cc3)CC2)cc1C. The summed E-state index contributed by atoms with van der Waals surface area (Å²) in [5.74, 6) is 1.13. The lowest BCUT2D eigenvalue weighted by Gasteiger charge is -2.32. The average molecular weight is 403 g/mol. The van der Waals surface area contributed by atoms with Crippen LogP contribution in [0, 0.1) is 13.8 Å². The molecule has 1 saturated heterocycles. The maximum absolute atomic E-state index is 12.5. The molecule has 0 unspecified atom stereocenters. The zero-order chi connectivity index (χ0) is 20.8. The van der Waals surface area contributed by atoms with Crippen LogP contribution in [0.15, 0.2) is 42.5 Å². The van der Waals surface area contributed by atoms with Gasteiger partial charge in [-0.2, -0.15) is 8.78 Å². The van der Waals surface area contributed by atoms with E-state index < -0.39 is 6.61 Å². The van der Waals surface area contributed by atoms with Gasteiger partial charge in [-0.05, 0) is 61.2 Å². The first kappa shape index (κ1) is 21.1. The molecule has 29 heavy (non-hydrogen) atoms. The normalized spacial score (nSPS) is 14.9. The molecule has 0 bridgehead atoms. The van der Waals surface area contributed by atoms with Crippen molar-refractivity contribution in [2.45, 2.75) is 52.2 Å². The fourth-order valence-electron chi connectivity index (χ4n) is 3.45. The van der Waals surface area contributed by atoms with Crippen molar-refractivity contribution in [1.29, 1.82) is 0 Å². The Kier molecular flexibility index (Phi) is 7.07. The van der Waals surface area contributed by atoms with Crippen LogP contribution in [0.3, 0.4) is 0 Å². The highest BCUT2D eigenvalue weighted by molar-refractivity contribution is 5.76. The van der Waals surface area contributed by atoms with E-state index >= 15 is 0 Å². The van der Waals surface area contributed by atoms with Gasteiger partial charge in [0.1, 0.15) is 17.6 Å². The zero-order valence-corrected chi connectivity index (χ0v) is 16.9. The van der Waals surface area contributed by atoms with Crippen LogP contribution in [0.5, 0.6) is 11.5 Å². The third-order valence-corrected chi connectivity index (χ3v) is 5.35. The molecule has 3 rings (SSSR count). The van der Waals surface area contributed by atoms with Crippen LogP contribution in [-0.4, -0.2) is 36.6 Å². The van der Waals surface area contributed by atoms with Gasteiger partial charge in [0.15, 0.2) is 0 Å². The Morgan fingerprint density at radius 2 is 1.69 bits per heavy atom. The van der Waals surface area contributed by atoms with E-state index in [1.807, 2.05) is 11.0 Å². The van der Waals surface area contributed by atoms with Crippen molar-refractivity contribution in [3.63, 3.8) is 0 Å². The Labute approximate surface area is 170 Å². The van der Waals surface area contributed by atoms with Gasteiger partial charge in [-0.1, -0.05) is 18.2 Å². The van der Waals surface area contributed by atoms with Crippen molar-refractivity contribution in [2.24, 2.45) is 0 Å². The lowest BCUT2D eigenvalue weighted by molar-refractivity contribution is -0.132. The summed E-state index contributed by atoms with van der Waals surface area (Å²) < 4.78 is 34.8. The van der Waals surface area contributed by atoms with E-state index in [-0.39, 0.29) is 17.8 Å². The summed E-state index contributed by atoms with van der Waals surface area (Å²) in [7, 11) is 0. The number of rotatable bonds is 7. The van der Waals surface area contributed by atoms with Crippen LogP contribution in [0.1, 0.15) is 36.0 Å². The number of hydrogen-bond acceptors (Lipinski definition) is 3. The molecule has 0 atom stereocenters. The van der Waals surface area contributed by atoms with Gasteiger partial charge in [-0.25, -0.2) is 0 Å². The predicted octanol–water partition coefficient (Wildman–Crippen LogP) is 4.91. The van der Waals surface area contributed by atoms with E-state index in [4.69, 9.17) is 4.74 Å². The Hall–Kier alpha value is -2.63. The number of carbonyl (C=O) groups excluding carboxylic acids is 1. The van der Waals surface area contributed by atoms with Crippen LogP contribution in [-0.2, 0) is 11.2 Å². The molecule has 1 aliphatic heterocycles. The quantitative estimate of drug-likeness (QED) is 0.660. The summed E-state index contributed by atoms with van der Waals surface area (Å²) in [5, 5.41) is 0. The van der Waals surface area contributed by atoms with Gasteiger partial charge < -0.3 is 14.4 Å². The topological polar surface area (TPSA) is 38.8 Å². The molecule has 156 valence electrons. The summed E-state index contributed by atoms with van der Waals surface area (Å²) >= 11 is 0. The minimum Gasteiger partial charge on any atom is -0.490 e. The Bertz CT molecular complexity index is 815. The van der Waals surface area contributed by atoms with E-state index in [1.165, 1.54) is 23.3 Å². The second-order valence-electron chi connectivity index (χ2n) is 7.47. The molecule has 0 N–H and O–H groups in total. The van der Waals surface area contributed by atoms with Gasteiger partial charge in [0.2, 0.25) is 5.91 Å². The highest BCUT2D eigenvalue weighted by atomic mass is 19.3. The molecule has 2 aromatic rings.